The molecule has 0 aromatic carbocycles. The first-order valence-corrected chi connectivity index (χ1v) is 7.45. The van der Waals surface area contributed by atoms with Crippen LogP contribution in [0.5, 0.6) is 0 Å². The van der Waals surface area contributed by atoms with Crippen molar-refractivity contribution in [2.45, 2.75) is 26.2 Å². The topological polar surface area (TPSA) is 40.7 Å². The van der Waals surface area contributed by atoms with Gasteiger partial charge >= 0.3 is 0 Å². The lowest BCUT2D eigenvalue weighted by molar-refractivity contribution is 0.374. The second-order valence-corrected chi connectivity index (χ2v) is 6.11. The van der Waals surface area contributed by atoms with Crippen LogP contribution in [-0.4, -0.2) is 23.1 Å². The van der Waals surface area contributed by atoms with Crippen LogP contribution in [0.15, 0.2) is 18.5 Å². The summed E-state index contributed by atoms with van der Waals surface area (Å²) < 4.78 is 0. The fourth-order valence-corrected chi connectivity index (χ4v) is 3.72. The summed E-state index contributed by atoms with van der Waals surface area (Å²) >= 11 is 1.86. The minimum absolute atomic E-state index is 0.837. The molecule has 0 spiro atoms. The van der Waals surface area contributed by atoms with Gasteiger partial charge in [-0.3, -0.25) is 0 Å². The third kappa shape index (κ3) is 2.49. The molecule has 1 aliphatic rings. The van der Waals surface area contributed by atoms with Gasteiger partial charge in [0, 0.05) is 22.8 Å². The first-order chi connectivity index (χ1) is 8.83. The molecular formula is C14H19N3S. The van der Waals surface area contributed by atoms with E-state index in [4.69, 9.17) is 4.98 Å². The Kier molecular flexibility index (Phi) is 3.48. The number of piperidine rings is 1. The maximum absolute atomic E-state index is 4.70. The van der Waals surface area contributed by atoms with Crippen molar-refractivity contribution >= 4 is 11.3 Å². The predicted octanol–water partition coefficient (Wildman–Crippen LogP) is 2.99. The summed E-state index contributed by atoms with van der Waals surface area (Å²) in [6, 6.07) is 2.09. The number of aromatic amines is 1. The van der Waals surface area contributed by atoms with E-state index in [1.165, 1.54) is 48.5 Å². The summed E-state index contributed by atoms with van der Waals surface area (Å²) in [6.07, 6.45) is 7.79. The highest BCUT2D eigenvalue weighted by Gasteiger charge is 2.17. The number of aromatic nitrogens is 2. The molecule has 2 aromatic heterocycles. The van der Waals surface area contributed by atoms with Crippen LogP contribution in [0.2, 0.25) is 0 Å². The van der Waals surface area contributed by atoms with Crippen molar-refractivity contribution in [1.29, 1.82) is 0 Å². The minimum atomic E-state index is 0.837. The Morgan fingerprint density at radius 2 is 2.22 bits per heavy atom. The van der Waals surface area contributed by atoms with Gasteiger partial charge in [0.1, 0.15) is 5.01 Å². The highest BCUT2D eigenvalue weighted by atomic mass is 32.1. The molecule has 1 aliphatic heterocycles. The van der Waals surface area contributed by atoms with E-state index >= 15 is 0 Å². The lowest BCUT2D eigenvalue weighted by atomic mass is 9.94. The van der Waals surface area contributed by atoms with E-state index in [0.717, 1.165) is 10.9 Å². The molecule has 0 saturated carbocycles. The Hall–Kier alpha value is -1.13. The molecule has 0 aliphatic carbocycles. The molecule has 1 fully saturated rings. The van der Waals surface area contributed by atoms with Crippen LogP contribution in [0.3, 0.4) is 0 Å². The zero-order valence-corrected chi connectivity index (χ0v) is 11.5. The van der Waals surface area contributed by atoms with Crippen LogP contribution in [0, 0.1) is 12.8 Å². The van der Waals surface area contributed by atoms with Gasteiger partial charge in [0.15, 0.2) is 0 Å². The van der Waals surface area contributed by atoms with Crippen molar-refractivity contribution in [2.24, 2.45) is 5.92 Å². The van der Waals surface area contributed by atoms with Crippen LogP contribution in [-0.2, 0) is 6.42 Å². The molecule has 0 bridgehead atoms. The first kappa shape index (κ1) is 11.9. The van der Waals surface area contributed by atoms with Gasteiger partial charge in [-0.05, 0) is 51.3 Å². The van der Waals surface area contributed by atoms with E-state index in [0.29, 0.717) is 0 Å². The maximum atomic E-state index is 4.70. The van der Waals surface area contributed by atoms with Gasteiger partial charge in [0.05, 0.1) is 5.69 Å². The lowest BCUT2D eigenvalue weighted by Gasteiger charge is -2.21. The Morgan fingerprint density at radius 3 is 2.94 bits per heavy atom. The molecule has 2 aromatic rings. The smallest absolute Gasteiger partial charge is 0.125 e. The molecule has 0 amide bonds. The second-order valence-electron chi connectivity index (χ2n) is 5.02. The van der Waals surface area contributed by atoms with Gasteiger partial charge in [0.25, 0.3) is 0 Å². The summed E-state index contributed by atoms with van der Waals surface area (Å²) in [5, 5.41) is 4.58. The molecule has 3 heterocycles. The molecule has 0 atom stereocenters. The Morgan fingerprint density at radius 1 is 1.39 bits per heavy atom. The number of aryl methyl sites for hydroxylation is 1. The average molecular weight is 261 g/mol. The number of hydrogen-bond donors (Lipinski definition) is 2. The minimum Gasteiger partial charge on any atom is -0.367 e. The quantitative estimate of drug-likeness (QED) is 0.891. The molecule has 2 N–H and O–H groups in total. The van der Waals surface area contributed by atoms with Gasteiger partial charge in [-0.25, -0.2) is 4.98 Å². The normalized spacial score (nSPS) is 17.2. The number of rotatable bonds is 3. The second kappa shape index (κ2) is 5.24. The largest absolute Gasteiger partial charge is 0.367 e. The molecule has 3 nitrogen and oxygen atoms in total. The molecule has 0 radical (unpaired) electrons. The average Bonchev–Trinajstić information content (AvgIpc) is 3.01. The monoisotopic (exact) mass is 261 g/mol. The lowest BCUT2D eigenvalue weighted by Crippen LogP contribution is -2.28. The third-order valence-electron chi connectivity index (χ3n) is 3.67. The summed E-state index contributed by atoms with van der Waals surface area (Å²) in [5.41, 5.74) is 2.43. The van der Waals surface area contributed by atoms with Gasteiger partial charge in [-0.15, -0.1) is 11.3 Å². The molecular weight excluding hydrogens is 242 g/mol. The van der Waals surface area contributed by atoms with Crippen molar-refractivity contribution in [3.05, 3.63) is 29.0 Å². The fraction of sp³-hybridized carbons (Fsp3) is 0.500. The van der Waals surface area contributed by atoms with E-state index < -0.39 is 0 Å². The predicted molar refractivity (Wildman–Crippen MR) is 75.9 cm³/mol. The number of H-pyrrole nitrogens is 1. The van der Waals surface area contributed by atoms with Crippen molar-refractivity contribution < 1.29 is 0 Å². The number of nitrogens with one attached hydrogen (secondary N) is 2. The van der Waals surface area contributed by atoms with Gasteiger partial charge < -0.3 is 10.3 Å². The zero-order chi connectivity index (χ0) is 12.4. The number of nitrogens with zero attached hydrogens (tertiary/aromatic N) is 1. The maximum Gasteiger partial charge on any atom is 0.125 e. The highest BCUT2D eigenvalue weighted by Crippen LogP contribution is 2.30. The van der Waals surface area contributed by atoms with E-state index in [2.05, 4.69) is 23.3 Å². The SMILES string of the molecule is Cc1nc(-c2cc[nH]c2)sc1CC1CCNCC1. The fourth-order valence-electron chi connectivity index (χ4n) is 2.55. The first-order valence-electron chi connectivity index (χ1n) is 6.63. The van der Waals surface area contributed by atoms with Gasteiger partial charge in [-0.1, -0.05) is 0 Å². The standard InChI is InChI=1S/C14H19N3S/c1-10-13(8-11-2-5-15-6-3-11)18-14(17-10)12-4-7-16-9-12/h4,7,9,11,15-16H,2-3,5-6,8H2,1H3. The number of hydrogen-bond acceptors (Lipinski definition) is 3. The van der Waals surface area contributed by atoms with Crippen molar-refractivity contribution in [3.63, 3.8) is 0 Å². The van der Waals surface area contributed by atoms with Crippen LogP contribution in [0.1, 0.15) is 23.4 Å². The van der Waals surface area contributed by atoms with Gasteiger partial charge in [-0.2, -0.15) is 0 Å². The molecule has 4 heteroatoms. The van der Waals surface area contributed by atoms with E-state index in [-0.39, 0.29) is 0 Å². The van der Waals surface area contributed by atoms with Crippen LogP contribution in [0.25, 0.3) is 10.6 Å². The molecule has 1 saturated heterocycles. The Bertz CT molecular complexity index is 495. The van der Waals surface area contributed by atoms with Gasteiger partial charge in [0.2, 0.25) is 0 Å². The van der Waals surface area contributed by atoms with Crippen molar-refractivity contribution in [3.8, 4) is 10.6 Å². The summed E-state index contributed by atoms with van der Waals surface area (Å²) in [6.45, 7) is 4.49. The van der Waals surface area contributed by atoms with E-state index in [1.54, 1.807) is 0 Å². The van der Waals surface area contributed by atoms with Crippen molar-refractivity contribution in [1.82, 2.24) is 15.3 Å². The molecule has 0 unspecified atom stereocenters. The molecule has 96 valence electrons. The summed E-state index contributed by atoms with van der Waals surface area (Å²) in [7, 11) is 0. The zero-order valence-electron chi connectivity index (χ0n) is 10.7. The van der Waals surface area contributed by atoms with Crippen LogP contribution >= 0.6 is 11.3 Å². The summed E-state index contributed by atoms with van der Waals surface area (Å²) in [5.74, 6) is 0.837. The van der Waals surface area contributed by atoms with E-state index in [1.807, 2.05) is 23.7 Å². The third-order valence-corrected chi connectivity index (χ3v) is 4.90. The Balaban J connectivity index is 1.76. The van der Waals surface area contributed by atoms with E-state index in [9.17, 15) is 0 Å². The highest BCUT2D eigenvalue weighted by molar-refractivity contribution is 7.15. The Labute approximate surface area is 112 Å². The van der Waals surface area contributed by atoms with Crippen LogP contribution in [0.4, 0.5) is 0 Å². The summed E-state index contributed by atoms with van der Waals surface area (Å²) in [4.78, 5) is 9.27. The number of thiazole rings is 1. The van der Waals surface area contributed by atoms with Crippen LogP contribution < -0.4 is 5.32 Å². The molecule has 3 rings (SSSR count). The van der Waals surface area contributed by atoms with Crippen molar-refractivity contribution in [2.75, 3.05) is 13.1 Å². The molecule has 18 heavy (non-hydrogen) atoms.